The van der Waals surface area contributed by atoms with Crippen molar-refractivity contribution in [3.8, 4) is 62.1 Å². The van der Waals surface area contributed by atoms with Crippen LogP contribution in [0.4, 0.5) is 0 Å². The predicted molar refractivity (Wildman–Crippen MR) is 310 cm³/mol. The van der Waals surface area contributed by atoms with Crippen molar-refractivity contribution in [1.29, 1.82) is 0 Å². The molecule has 1 N–H and O–H groups in total. The molecular formula is C68H45N7. The Balaban J connectivity index is 0.895. The molecule has 15 rings (SSSR count). The second-order valence-corrected chi connectivity index (χ2v) is 19.3. The first-order valence-corrected chi connectivity index (χ1v) is 25.5. The van der Waals surface area contributed by atoms with Crippen molar-refractivity contribution in [3.63, 3.8) is 0 Å². The quantitative estimate of drug-likeness (QED) is 0.165. The monoisotopic (exact) mass is 959 g/mol. The Morgan fingerprint density at radius 1 is 0.293 bits per heavy atom. The summed E-state index contributed by atoms with van der Waals surface area (Å²) in [5.41, 5.74) is 17.8. The Morgan fingerprint density at radius 3 is 1.08 bits per heavy atom. The molecule has 352 valence electrons. The van der Waals surface area contributed by atoms with Gasteiger partial charge in [-0.3, -0.25) is 0 Å². The highest BCUT2D eigenvalue weighted by molar-refractivity contribution is 6.14. The number of aromatic nitrogens is 6. The van der Waals surface area contributed by atoms with E-state index in [-0.39, 0.29) is 0 Å². The van der Waals surface area contributed by atoms with Crippen molar-refractivity contribution >= 4 is 71.0 Å². The van der Waals surface area contributed by atoms with Crippen LogP contribution in [0.15, 0.2) is 255 Å². The summed E-state index contributed by atoms with van der Waals surface area (Å²) in [6.45, 7) is 0.772. The van der Waals surface area contributed by atoms with Crippen LogP contribution < -0.4 is 5.32 Å². The van der Waals surface area contributed by atoms with E-state index in [1.54, 1.807) is 0 Å². The molecule has 0 spiro atoms. The van der Waals surface area contributed by atoms with E-state index in [1.807, 2.05) is 36.5 Å². The highest BCUT2D eigenvalue weighted by Gasteiger charge is 2.20. The summed E-state index contributed by atoms with van der Waals surface area (Å²) in [5.74, 6) is 1.88. The van der Waals surface area contributed by atoms with Gasteiger partial charge in [-0.15, -0.1) is 0 Å². The average Bonchev–Trinajstić information content (AvgIpc) is 4.13. The molecule has 7 heteroatoms. The number of hydrogen-bond donors (Lipinski definition) is 1. The highest BCUT2D eigenvalue weighted by Crippen LogP contribution is 2.41. The molecule has 1 aliphatic heterocycles. The molecule has 0 unspecified atom stereocenters. The van der Waals surface area contributed by atoms with E-state index in [0.717, 1.165) is 62.5 Å². The van der Waals surface area contributed by atoms with Gasteiger partial charge in [-0.05, 0) is 131 Å². The standard InChI is InChI=1S/C68H45N7/c1-4-15-44(16-5-1)66-70-67(72-68(71-66)50-17-14-38-69-43-50)45-26-32-53(33-27-45)75-64-36-30-48(46-28-34-62-56(39-46)54-22-10-12-24-60(54)73(62)51-18-6-2-7-19-51)41-58(64)59-42-49(31-37-65(59)75)47-29-35-63-57(40-47)55-23-11-13-25-61(55)74(63)52-20-8-3-9-21-52/h1-37,39-43,69H,38H2. The number of nitrogens with zero attached hydrogens (tertiary/aromatic N) is 6. The first-order valence-electron chi connectivity index (χ1n) is 25.5. The molecular weight excluding hydrogens is 915 g/mol. The molecule has 0 amide bonds. The Hall–Kier alpha value is -10.1. The van der Waals surface area contributed by atoms with E-state index >= 15 is 0 Å². The number of para-hydroxylation sites is 4. The average molecular weight is 960 g/mol. The zero-order valence-corrected chi connectivity index (χ0v) is 40.6. The molecule has 7 nitrogen and oxygen atoms in total. The summed E-state index contributed by atoms with van der Waals surface area (Å²) >= 11 is 0. The van der Waals surface area contributed by atoms with E-state index in [0.29, 0.717) is 17.5 Å². The van der Waals surface area contributed by atoms with Crippen molar-refractivity contribution in [3.05, 3.63) is 261 Å². The fourth-order valence-corrected chi connectivity index (χ4v) is 11.4. The molecule has 0 bridgehead atoms. The van der Waals surface area contributed by atoms with Crippen LogP contribution in [0, 0.1) is 0 Å². The van der Waals surface area contributed by atoms with Gasteiger partial charge in [0.05, 0.1) is 33.1 Å². The fourth-order valence-electron chi connectivity index (χ4n) is 11.4. The van der Waals surface area contributed by atoms with Crippen LogP contribution in [0.25, 0.3) is 133 Å². The van der Waals surface area contributed by atoms with Crippen molar-refractivity contribution in [2.75, 3.05) is 6.54 Å². The first-order chi connectivity index (χ1) is 37.2. The molecule has 0 atom stereocenters. The Morgan fingerprint density at radius 2 is 0.640 bits per heavy atom. The molecule has 0 radical (unpaired) electrons. The maximum Gasteiger partial charge on any atom is 0.165 e. The van der Waals surface area contributed by atoms with Crippen molar-refractivity contribution in [2.24, 2.45) is 0 Å². The molecule has 0 aliphatic carbocycles. The third-order valence-electron chi connectivity index (χ3n) is 14.9. The van der Waals surface area contributed by atoms with Gasteiger partial charge in [-0.1, -0.05) is 140 Å². The summed E-state index contributed by atoms with van der Waals surface area (Å²) < 4.78 is 7.15. The number of fused-ring (bicyclic) bond motifs is 9. The summed E-state index contributed by atoms with van der Waals surface area (Å²) in [7, 11) is 0. The summed E-state index contributed by atoms with van der Waals surface area (Å²) in [5, 5.41) is 10.6. The van der Waals surface area contributed by atoms with Gasteiger partial charge in [0, 0.05) is 78.8 Å². The molecule has 0 fully saturated rings. The smallest absolute Gasteiger partial charge is 0.165 e. The largest absolute Gasteiger partial charge is 0.387 e. The van der Waals surface area contributed by atoms with Gasteiger partial charge in [-0.2, -0.15) is 0 Å². The van der Waals surface area contributed by atoms with Crippen molar-refractivity contribution in [1.82, 2.24) is 34.0 Å². The molecule has 1 aliphatic rings. The second-order valence-electron chi connectivity index (χ2n) is 19.3. The summed E-state index contributed by atoms with van der Waals surface area (Å²) in [6.07, 6.45) is 6.13. The van der Waals surface area contributed by atoms with E-state index < -0.39 is 0 Å². The van der Waals surface area contributed by atoms with Crippen LogP contribution in [-0.4, -0.2) is 35.2 Å². The van der Waals surface area contributed by atoms with E-state index in [1.165, 1.54) is 65.5 Å². The minimum absolute atomic E-state index is 0.620. The number of hydrogen-bond acceptors (Lipinski definition) is 4. The SMILES string of the molecule is C1=CC(c2nc(-c3ccccc3)nc(-c3ccc(-n4c5ccc(-c6ccc7c(c6)c6ccccc6n7-c6ccccc6)cc5c5cc(-c6ccc7c(c6)c6ccccc6n7-c6ccccc6)ccc54)cc3)n2)=CNC1. The third-order valence-corrected chi connectivity index (χ3v) is 14.9. The highest BCUT2D eigenvalue weighted by atomic mass is 15.0. The number of rotatable bonds is 8. The van der Waals surface area contributed by atoms with Crippen LogP contribution in [0.5, 0.6) is 0 Å². The number of benzene rings is 10. The molecule has 14 aromatic rings. The molecule has 0 saturated carbocycles. The van der Waals surface area contributed by atoms with Gasteiger partial charge in [-0.25, -0.2) is 15.0 Å². The van der Waals surface area contributed by atoms with Gasteiger partial charge in [0.15, 0.2) is 17.5 Å². The van der Waals surface area contributed by atoms with E-state index in [2.05, 4.69) is 237 Å². The molecule has 4 aromatic heterocycles. The lowest BCUT2D eigenvalue weighted by Gasteiger charge is -2.12. The van der Waals surface area contributed by atoms with E-state index in [4.69, 9.17) is 15.0 Å². The maximum atomic E-state index is 5.04. The van der Waals surface area contributed by atoms with Crippen LogP contribution >= 0.6 is 0 Å². The number of dihydropyridines is 1. The van der Waals surface area contributed by atoms with E-state index in [9.17, 15) is 0 Å². The zero-order valence-electron chi connectivity index (χ0n) is 40.6. The minimum atomic E-state index is 0.620. The van der Waals surface area contributed by atoms with Crippen molar-refractivity contribution in [2.45, 2.75) is 0 Å². The fraction of sp³-hybridized carbons (Fsp3) is 0.0147. The predicted octanol–water partition coefficient (Wildman–Crippen LogP) is 16.3. The van der Waals surface area contributed by atoms with Crippen LogP contribution in [0.3, 0.4) is 0 Å². The van der Waals surface area contributed by atoms with Gasteiger partial charge in [0.1, 0.15) is 0 Å². The molecule has 5 heterocycles. The Bertz CT molecular complexity index is 4400. The molecule has 10 aromatic carbocycles. The lowest BCUT2D eigenvalue weighted by atomic mass is 9.98. The minimum Gasteiger partial charge on any atom is -0.387 e. The molecule has 75 heavy (non-hydrogen) atoms. The maximum absolute atomic E-state index is 5.04. The second kappa shape index (κ2) is 17.3. The van der Waals surface area contributed by atoms with Gasteiger partial charge >= 0.3 is 0 Å². The number of nitrogens with one attached hydrogen (secondary N) is 1. The van der Waals surface area contributed by atoms with Crippen LogP contribution in [0.1, 0.15) is 5.82 Å². The topological polar surface area (TPSA) is 65.5 Å². The number of allylic oxidation sites excluding steroid dienone is 2. The summed E-state index contributed by atoms with van der Waals surface area (Å²) in [6, 6.07) is 85.4. The summed E-state index contributed by atoms with van der Waals surface area (Å²) in [4.78, 5) is 15.0. The zero-order chi connectivity index (χ0) is 49.4. The lowest BCUT2D eigenvalue weighted by Crippen LogP contribution is -2.11. The third kappa shape index (κ3) is 7.08. The first kappa shape index (κ1) is 42.6. The van der Waals surface area contributed by atoms with Crippen molar-refractivity contribution < 1.29 is 0 Å². The van der Waals surface area contributed by atoms with Crippen LogP contribution in [0.2, 0.25) is 0 Å². The van der Waals surface area contributed by atoms with Crippen LogP contribution in [-0.2, 0) is 0 Å². The Labute approximate surface area is 432 Å². The Kier molecular flexibility index (Phi) is 9.81. The van der Waals surface area contributed by atoms with Gasteiger partial charge in [0.2, 0.25) is 0 Å². The lowest BCUT2D eigenvalue weighted by molar-refractivity contribution is 0.962. The molecule has 0 saturated heterocycles. The van der Waals surface area contributed by atoms with Gasteiger partial charge < -0.3 is 19.0 Å². The normalized spacial score (nSPS) is 12.6. The van der Waals surface area contributed by atoms with Gasteiger partial charge in [0.25, 0.3) is 0 Å².